The molecule has 0 N–H and O–H groups in total. The number of para-hydroxylation sites is 2. The molecule has 41 heavy (non-hydrogen) atoms. The van der Waals surface area contributed by atoms with E-state index in [1.807, 2.05) is 67.0 Å². The smallest absolute Gasteiger partial charge is 0.138 e. The molecule has 0 saturated heterocycles. The highest BCUT2D eigenvalue weighted by atomic mass is 15.1. The van der Waals surface area contributed by atoms with Gasteiger partial charge in [0.1, 0.15) is 5.82 Å². The molecule has 0 unspecified atom stereocenters. The van der Waals surface area contributed by atoms with Gasteiger partial charge in [0.15, 0.2) is 0 Å². The Kier molecular flexibility index (Phi) is 5.38. The highest BCUT2D eigenvalue weighted by Crippen LogP contribution is 2.32. The second-order valence-corrected chi connectivity index (χ2v) is 9.97. The Labute approximate surface area is 236 Å². The third-order valence-electron chi connectivity index (χ3n) is 7.50. The van der Waals surface area contributed by atoms with Crippen molar-refractivity contribution < 1.29 is 0 Å². The van der Waals surface area contributed by atoms with Crippen molar-refractivity contribution in [2.75, 3.05) is 0 Å². The number of fused-ring (bicyclic) bond motifs is 4. The molecule has 0 aliphatic heterocycles. The Bertz CT molecular complexity index is 2170. The fourth-order valence-corrected chi connectivity index (χ4v) is 5.64. The van der Waals surface area contributed by atoms with E-state index in [4.69, 9.17) is 9.97 Å². The molecular weight excluding hydrogens is 502 g/mol. The topological polar surface area (TPSA) is 56.5 Å². The molecule has 0 amide bonds. The van der Waals surface area contributed by atoms with Crippen LogP contribution in [0, 0.1) is 0 Å². The Morgan fingerprint density at radius 1 is 0.463 bits per heavy atom. The lowest BCUT2D eigenvalue weighted by atomic mass is 9.99. The van der Waals surface area contributed by atoms with Gasteiger partial charge in [0.25, 0.3) is 0 Å². The summed E-state index contributed by atoms with van der Waals surface area (Å²) in [6, 6.07) is 43.4. The fraction of sp³-hybridized carbons (Fsp3) is 0. The Hall–Kier alpha value is -5.68. The van der Waals surface area contributed by atoms with Crippen molar-refractivity contribution in [1.82, 2.24) is 24.5 Å². The summed E-state index contributed by atoms with van der Waals surface area (Å²) in [5, 5.41) is 2.23. The molecule has 5 aromatic heterocycles. The van der Waals surface area contributed by atoms with Gasteiger partial charge in [0.05, 0.1) is 39.1 Å². The molecule has 0 atom stereocenters. The molecule has 0 aliphatic carbocycles. The summed E-state index contributed by atoms with van der Waals surface area (Å²) in [4.78, 5) is 19.5. The number of pyridine rings is 4. The summed E-state index contributed by atoms with van der Waals surface area (Å²) in [6.07, 6.45) is 3.68. The van der Waals surface area contributed by atoms with Crippen LogP contribution in [-0.2, 0) is 0 Å². The maximum atomic E-state index is 5.08. The molecule has 0 radical (unpaired) electrons. The average molecular weight is 526 g/mol. The van der Waals surface area contributed by atoms with Gasteiger partial charge in [0.2, 0.25) is 0 Å². The highest BCUT2D eigenvalue weighted by Gasteiger charge is 2.14. The first-order valence-electron chi connectivity index (χ1n) is 13.6. The summed E-state index contributed by atoms with van der Waals surface area (Å²) in [5.41, 5.74) is 9.86. The lowest BCUT2D eigenvalue weighted by Gasteiger charge is -2.10. The minimum Gasteiger partial charge on any atom is -0.292 e. The van der Waals surface area contributed by atoms with Crippen LogP contribution in [-0.4, -0.2) is 24.5 Å². The number of aromatic nitrogens is 5. The third kappa shape index (κ3) is 3.95. The van der Waals surface area contributed by atoms with Crippen LogP contribution in [0.1, 0.15) is 0 Å². The van der Waals surface area contributed by atoms with Crippen molar-refractivity contribution in [3.63, 3.8) is 0 Å². The third-order valence-corrected chi connectivity index (χ3v) is 7.50. The second-order valence-electron chi connectivity index (χ2n) is 9.97. The molecular formula is C36H23N5. The van der Waals surface area contributed by atoms with E-state index in [0.717, 1.165) is 72.4 Å². The van der Waals surface area contributed by atoms with Crippen LogP contribution in [0.5, 0.6) is 0 Å². The summed E-state index contributed by atoms with van der Waals surface area (Å²) < 4.78 is 2.17. The van der Waals surface area contributed by atoms with E-state index in [1.54, 1.807) is 0 Å². The fourth-order valence-electron chi connectivity index (χ4n) is 5.64. The molecule has 3 aromatic carbocycles. The van der Waals surface area contributed by atoms with Gasteiger partial charge in [0, 0.05) is 34.3 Å². The van der Waals surface area contributed by atoms with Gasteiger partial charge in [-0.15, -0.1) is 0 Å². The van der Waals surface area contributed by atoms with Crippen molar-refractivity contribution in [2.24, 2.45) is 0 Å². The first-order valence-corrected chi connectivity index (χ1v) is 13.6. The van der Waals surface area contributed by atoms with Gasteiger partial charge in [-0.2, -0.15) is 0 Å². The van der Waals surface area contributed by atoms with Gasteiger partial charge < -0.3 is 0 Å². The summed E-state index contributed by atoms with van der Waals surface area (Å²) in [6.45, 7) is 0. The van der Waals surface area contributed by atoms with E-state index < -0.39 is 0 Å². The molecule has 8 aromatic rings. The highest BCUT2D eigenvalue weighted by molar-refractivity contribution is 6.06. The van der Waals surface area contributed by atoms with E-state index in [9.17, 15) is 0 Å². The SMILES string of the molecule is c1cc(-c2cccc(-c3cccc(-n4c5ccccc5c5ncccc54)n3)n2)cc(-c2cccc3cccnc23)c1. The van der Waals surface area contributed by atoms with Crippen LogP contribution in [0.4, 0.5) is 0 Å². The Balaban J connectivity index is 1.21. The molecule has 0 saturated carbocycles. The summed E-state index contributed by atoms with van der Waals surface area (Å²) >= 11 is 0. The van der Waals surface area contributed by atoms with Gasteiger partial charge in [-0.1, -0.05) is 72.8 Å². The molecule has 5 heterocycles. The Morgan fingerprint density at radius 2 is 1.15 bits per heavy atom. The number of nitrogens with zero attached hydrogens (tertiary/aromatic N) is 5. The van der Waals surface area contributed by atoms with Crippen molar-refractivity contribution in [1.29, 1.82) is 0 Å². The number of rotatable bonds is 4. The van der Waals surface area contributed by atoms with Crippen LogP contribution in [0.2, 0.25) is 0 Å². The molecule has 0 fully saturated rings. The van der Waals surface area contributed by atoms with Gasteiger partial charge in [-0.05, 0) is 60.2 Å². The molecule has 0 spiro atoms. The maximum Gasteiger partial charge on any atom is 0.138 e. The second kappa shape index (κ2) is 9.50. The minimum absolute atomic E-state index is 0.813. The lowest BCUT2D eigenvalue weighted by Crippen LogP contribution is -1.99. The molecule has 0 bridgehead atoms. The predicted molar refractivity (Wildman–Crippen MR) is 166 cm³/mol. The molecule has 5 heteroatoms. The monoisotopic (exact) mass is 525 g/mol. The summed E-state index contributed by atoms with van der Waals surface area (Å²) in [5.74, 6) is 0.833. The van der Waals surface area contributed by atoms with Crippen LogP contribution in [0.25, 0.3) is 72.4 Å². The average Bonchev–Trinajstić information content (AvgIpc) is 3.39. The molecule has 0 aliphatic rings. The molecule has 192 valence electrons. The minimum atomic E-state index is 0.813. The first-order chi connectivity index (χ1) is 20.3. The van der Waals surface area contributed by atoms with Gasteiger partial charge in [-0.3, -0.25) is 14.5 Å². The van der Waals surface area contributed by atoms with Crippen LogP contribution < -0.4 is 0 Å². The normalized spacial score (nSPS) is 11.4. The lowest BCUT2D eigenvalue weighted by molar-refractivity contribution is 1.08. The zero-order valence-electron chi connectivity index (χ0n) is 22.0. The number of hydrogen-bond donors (Lipinski definition) is 0. The van der Waals surface area contributed by atoms with Crippen molar-refractivity contribution in [3.05, 3.63) is 140 Å². The van der Waals surface area contributed by atoms with Crippen LogP contribution in [0.15, 0.2) is 140 Å². The standard InChI is InChI=1S/C36H23N5/c1-2-18-32-28(13-1)36-33(19-8-22-38-36)41(32)34-20-6-17-31(40-34)30-16-5-15-29(39-30)26-11-3-10-25(23-26)27-14-4-9-24-12-7-21-37-35(24)27/h1-23H. The van der Waals surface area contributed by atoms with E-state index in [0.29, 0.717) is 0 Å². The first kappa shape index (κ1) is 23.2. The van der Waals surface area contributed by atoms with Gasteiger partial charge >= 0.3 is 0 Å². The molecule has 5 nitrogen and oxygen atoms in total. The van der Waals surface area contributed by atoms with Gasteiger partial charge in [-0.25, -0.2) is 9.97 Å². The van der Waals surface area contributed by atoms with E-state index >= 15 is 0 Å². The quantitative estimate of drug-likeness (QED) is 0.231. The number of hydrogen-bond acceptors (Lipinski definition) is 4. The largest absolute Gasteiger partial charge is 0.292 e. The Morgan fingerprint density at radius 3 is 2.10 bits per heavy atom. The van der Waals surface area contributed by atoms with E-state index in [2.05, 4.69) is 87.3 Å². The van der Waals surface area contributed by atoms with Crippen LogP contribution >= 0.6 is 0 Å². The number of benzene rings is 3. The van der Waals surface area contributed by atoms with E-state index in [1.165, 1.54) is 0 Å². The van der Waals surface area contributed by atoms with Crippen molar-refractivity contribution >= 4 is 32.8 Å². The summed E-state index contributed by atoms with van der Waals surface area (Å²) in [7, 11) is 0. The molecule has 8 rings (SSSR count). The van der Waals surface area contributed by atoms with Crippen molar-refractivity contribution in [2.45, 2.75) is 0 Å². The van der Waals surface area contributed by atoms with Crippen molar-refractivity contribution in [3.8, 4) is 39.6 Å². The van der Waals surface area contributed by atoms with E-state index in [-0.39, 0.29) is 0 Å². The zero-order valence-corrected chi connectivity index (χ0v) is 22.0. The predicted octanol–water partition coefficient (Wildman–Crippen LogP) is 8.52. The van der Waals surface area contributed by atoms with Crippen LogP contribution in [0.3, 0.4) is 0 Å². The zero-order chi connectivity index (χ0) is 27.2. The maximum absolute atomic E-state index is 5.08.